The van der Waals surface area contributed by atoms with Crippen molar-refractivity contribution < 1.29 is 9.53 Å². The minimum atomic E-state index is 0.124. The van der Waals surface area contributed by atoms with Gasteiger partial charge in [0.15, 0.2) is 0 Å². The third-order valence-electron chi connectivity index (χ3n) is 4.24. The number of hydrogen-bond acceptors (Lipinski definition) is 4. The Labute approximate surface area is 128 Å². The van der Waals surface area contributed by atoms with E-state index in [0.29, 0.717) is 19.7 Å². The first kappa shape index (κ1) is 13.3. The summed E-state index contributed by atoms with van der Waals surface area (Å²) in [4.78, 5) is 24.1. The molecule has 0 bridgehead atoms. The van der Waals surface area contributed by atoms with Gasteiger partial charge in [0.2, 0.25) is 5.91 Å². The van der Waals surface area contributed by atoms with Crippen molar-refractivity contribution in [3.63, 3.8) is 0 Å². The molecule has 1 aromatic carbocycles. The fourth-order valence-electron chi connectivity index (χ4n) is 3.11. The maximum atomic E-state index is 12.7. The van der Waals surface area contributed by atoms with Crippen molar-refractivity contribution in [3.8, 4) is 5.75 Å². The molecule has 6 heteroatoms. The maximum absolute atomic E-state index is 12.7. The Morgan fingerprint density at radius 2 is 2.23 bits per heavy atom. The summed E-state index contributed by atoms with van der Waals surface area (Å²) < 4.78 is 5.61. The number of fused-ring (bicyclic) bond motifs is 2. The van der Waals surface area contributed by atoms with Gasteiger partial charge in [0.05, 0.1) is 36.5 Å². The number of H-pyrrole nitrogens is 1. The van der Waals surface area contributed by atoms with E-state index in [1.807, 2.05) is 29.2 Å². The molecule has 2 aliphatic rings. The van der Waals surface area contributed by atoms with Gasteiger partial charge in [-0.1, -0.05) is 12.1 Å². The third kappa shape index (κ3) is 2.35. The van der Waals surface area contributed by atoms with Crippen LogP contribution in [-0.4, -0.2) is 47.0 Å². The number of carbonyl (C=O) groups is 1. The average Bonchev–Trinajstić information content (AvgIpc) is 3.02. The molecule has 22 heavy (non-hydrogen) atoms. The van der Waals surface area contributed by atoms with Crippen molar-refractivity contribution in [2.75, 3.05) is 31.1 Å². The lowest BCUT2D eigenvalue weighted by Gasteiger charge is -2.32. The fourth-order valence-corrected chi connectivity index (χ4v) is 3.11. The highest BCUT2D eigenvalue weighted by Gasteiger charge is 2.26. The van der Waals surface area contributed by atoms with Crippen LogP contribution in [0.1, 0.15) is 11.4 Å². The third-order valence-corrected chi connectivity index (χ3v) is 4.24. The van der Waals surface area contributed by atoms with E-state index >= 15 is 0 Å². The number of nitrogens with zero attached hydrogens (tertiary/aromatic N) is 3. The highest BCUT2D eigenvalue weighted by molar-refractivity contribution is 5.96. The molecule has 0 aliphatic carbocycles. The first-order valence-electron chi connectivity index (χ1n) is 7.57. The maximum Gasteiger partial charge on any atom is 0.241 e. The van der Waals surface area contributed by atoms with E-state index in [2.05, 4.69) is 14.9 Å². The SMILES string of the molecule is O=C(CN1CCc2nc[nH]c2C1)N1CCOc2ccccc21. The van der Waals surface area contributed by atoms with Gasteiger partial charge in [-0.25, -0.2) is 4.98 Å². The quantitative estimate of drug-likeness (QED) is 0.905. The smallest absolute Gasteiger partial charge is 0.241 e. The summed E-state index contributed by atoms with van der Waals surface area (Å²) in [5.41, 5.74) is 3.12. The molecule has 3 heterocycles. The van der Waals surface area contributed by atoms with Crippen LogP contribution in [0.3, 0.4) is 0 Å². The molecule has 0 fully saturated rings. The number of rotatable bonds is 2. The van der Waals surface area contributed by atoms with E-state index in [9.17, 15) is 4.79 Å². The molecular weight excluding hydrogens is 280 g/mol. The molecule has 0 radical (unpaired) electrons. The molecule has 0 spiro atoms. The predicted molar refractivity (Wildman–Crippen MR) is 81.9 cm³/mol. The molecular formula is C16H18N4O2. The minimum Gasteiger partial charge on any atom is -0.490 e. The lowest BCUT2D eigenvalue weighted by atomic mass is 10.1. The summed E-state index contributed by atoms with van der Waals surface area (Å²) in [6, 6.07) is 7.71. The van der Waals surface area contributed by atoms with Gasteiger partial charge >= 0.3 is 0 Å². The summed E-state index contributed by atoms with van der Waals surface area (Å²) in [5.74, 6) is 0.912. The van der Waals surface area contributed by atoms with Crippen LogP contribution in [0, 0.1) is 0 Å². The Hall–Kier alpha value is -2.34. The largest absolute Gasteiger partial charge is 0.490 e. The van der Waals surface area contributed by atoms with E-state index < -0.39 is 0 Å². The highest BCUT2D eigenvalue weighted by atomic mass is 16.5. The topological polar surface area (TPSA) is 61.5 Å². The molecule has 0 saturated heterocycles. The molecule has 2 aromatic rings. The first-order chi connectivity index (χ1) is 10.8. The number of benzene rings is 1. The van der Waals surface area contributed by atoms with Crippen LogP contribution in [-0.2, 0) is 17.8 Å². The van der Waals surface area contributed by atoms with Crippen LogP contribution in [0.5, 0.6) is 5.75 Å². The second kappa shape index (κ2) is 5.46. The fraction of sp³-hybridized carbons (Fsp3) is 0.375. The molecule has 0 unspecified atom stereocenters. The Morgan fingerprint density at radius 3 is 3.18 bits per heavy atom. The number of hydrogen-bond donors (Lipinski definition) is 1. The predicted octanol–water partition coefficient (Wildman–Crippen LogP) is 1.19. The summed E-state index contributed by atoms with van der Waals surface area (Å²) in [6.45, 7) is 3.21. The molecule has 114 valence electrons. The monoisotopic (exact) mass is 298 g/mol. The van der Waals surface area contributed by atoms with Gasteiger partial charge in [-0.2, -0.15) is 0 Å². The van der Waals surface area contributed by atoms with Crippen LogP contribution >= 0.6 is 0 Å². The number of aromatic amines is 1. The zero-order chi connectivity index (χ0) is 14.9. The molecule has 4 rings (SSSR count). The van der Waals surface area contributed by atoms with Crippen molar-refractivity contribution in [2.45, 2.75) is 13.0 Å². The van der Waals surface area contributed by atoms with E-state index in [-0.39, 0.29) is 5.91 Å². The van der Waals surface area contributed by atoms with Crippen molar-refractivity contribution >= 4 is 11.6 Å². The highest BCUT2D eigenvalue weighted by Crippen LogP contribution is 2.31. The lowest BCUT2D eigenvalue weighted by molar-refractivity contribution is -0.120. The summed E-state index contributed by atoms with van der Waals surface area (Å²) >= 11 is 0. The van der Waals surface area contributed by atoms with Crippen LogP contribution in [0.2, 0.25) is 0 Å². The Balaban J connectivity index is 1.47. The number of imidazole rings is 1. The van der Waals surface area contributed by atoms with Crippen LogP contribution < -0.4 is 9.64 Å². The second-order valence-corrected chi connectivity index (χ2v) is 5.65. The molecule has 1 N–H and O–H groups in total. The molecule has 2 aliphatic heterocycles. The first-order valence-corrected chi connectivity index (χ1v) is 7.57. The van der Waals surface area contributed by atoms with Crippen molar-refractivity contribution in [1.29, 1.82) is 0 Å². The van der Waals surface area contributed by atoms with Gasteiger partial charge in [0.25, 0.3) is 0 Å². The zero-order valence-corrected chi connectivity index (χ0v) is 12.3. The van der Waals surface area contributed by atoms with Gasteiger partial charge in [-0.05, 0) is 12.1 Å². The minimum absolute atomic E-state index is 0.124. The van der Waals surface area contributed by atoms with Crippen molar-refractivity contribution in [2.24, 2.45) is 0 Å². The lowest BCUT2D eigenvalue weighted by Crippen LogP contribution is -2.45. The number of aromatic nitrogens is 2. The molecule has 0 saturated carbocycles. The Kier molecular flexibility index (Phi) is 3.31. The number of anilines is 1. The average molecular weight is 298 g/mol. The Bertz CT molecular complexity index is 697. The van der Waals surface area contributed by atoms with Gasteiger partial charge in [-0.3, -0.25) is 9.69 Å². The normalized spacial score (nSPS) is 17.5. The Morgan fingerprint density at radius 1 is 1.32 bits per heavy atom. The van der Waals surface area contributed by atoms with Crippen LogP contribution in [0.4, 0.5) is 5.69 Å². The standard InChI is InChI=1S/C16H18N4O2/c21-16(10-19-6-5-12-13(9-19)18-11-17-12)20-7-8-22-15-4-2-1-3-14(15)20/h1-4,11H,5-10H2,(H,17,18). The molecule has 0 atom stereocenters. The zero-order valence-electron chi connectivity index (χ0n) is 12.3. The number of para-hydroxylation sites is 2. The van der Waals surface area contributed by atoms with Gasteiger partial charge < -0.3 is 14.6 Å². The number of carbonyl (C=O) groups excluding carboxylic acids is 1. The summed E-state index contributed by atoms with van der Waals surface area (Å²) in [5, 5.41) is 0. The van der Waals surface area contributed by atoms with Gasteiger partial charge in [0, 0.05) is 19.5 Å². The molecule has 1 amide bonds. The number of ether oxygens (including phenoxy) is 1. The second-order valence-electron chi connectivity index (χ2n) is 5.65. The van der Waals surface area contributed by atoms with Crippen molar-refractivity contribution in [3.05, 3.63) is 42.0 Å². The number of nitrogens with one attached hydrogen (secondary N) is 1. The van der Waals surface area contributed by atoms with Gasteiger partial charge in [0.1, 0.15) is 12.4 Å². The molecule has 1 aromatic heterocycles. The van der Waals surface area contributed by atoms with E-state index in [1.54, 1.807) is 6.33 Å². The van der Waals surface area contributed by atoms with E-state index in [0.717, 1.165) is 42.3 Å². The van der Waals surface area contributed by atoms with E-state index in [4.69, 9.17) is 4.74 Å². The summed E-state index contributed by atoms with van der Waals surface area (Å²) in [7, 11) is 0. The van der Waals surface area contributed by atoms with E-state index in [1.165, 1.54) is 0 Å². The van der Waals surface area contributed by atoms with Crippen molar-refractivity contribution in [1.82, 2.24) is 14.9 Å². The van der Waals surface area contributed by atoms with Crippen LogP contribution in [0.15, 0.2) is 30.6 Å². The number of amides is 1. The summed E-state index contributed by atoms with van der Waals surface area (Å²) in [6.07, 6.45) is 2.63. The van der Waals surface area contributed by atoms with Gasteiger partial charge in [-0.15, -0.1) is 0 Å². The van der Waals surface area contributed by atoms with Crippen LogP contribution in [0.25, 0.3) is 0 Å². The molecule has 6 nitrogen and oxygen atoms in total.